The Morgan fingerprint density at radius 1 is 1.35 bits per heavy atom. The van der Waals surface area contributed by atoms with Crippen LogP contribution in [0.15, 0.2) is 12.1 Å². The molecule has 2 bridgehead atoms. The summed E-state index contributed by atoms with van der Waals surface area (Å²) in [4.78, 5) is 2.53. The van der Waals surface area contributed by atoms with Crippen molar-refractivity contribution < 1.29 is 14.9 Å². The lowest BCUT2D eigenvalue weighted by atomic mass is 9.48. The van der Waals surface area contributed by atoms with Crippen molar-refractivity contribution in [2.24, 2.45) is 0 Å². The first kappa shape index (κ1) is 16.8. The molecule has 5 atom stereocenters. The van der Waals surface area contributed by atoms with E-state index in [1.807, 2.05) is 7.05 Å². The van der Waals surface area contributed by atoms with Crippen molar-refractivity contribution in [3.8, 4) is 11.5 Å². The molecule has 5 rings (SSSR count). The van der Waals surface area contributed by atoms with Gasteiger partial charge in [-0.3, -0.25) is 4.90 Å². The molecule has 0 unspecified atom stereocenters. The molecule has 2 heterocycles. The Kier molecular flexibility index (Phi) is 3.63. The summed E-state index contributed by atoms with van der Waals surface area (Å²) in [6.45, 7) is 4.28. The molecule has 0 amide bonds. The average molecular weight is 358 g/mol. The van der Waals surface area contributed by atoms with Gasteiger partial charge in [-0.15, -0.1) is 0 Å². The standard InChI is InChI=1S/C21H30N2O3/c1-3-4-10-23-11-9-20-17-13-5-6-15(24)18(17)26-19(20)14(22-2)7-8-21(20,25)16(23)12-13/h5-6,14,16,19,22,24-25H,3-4,7-12H2,1-2H3/t14-,16-,19+,20+,21-/m1/s1. The lowest BCUT2D eigenvalue weighted by Crippen LogP contribution is -2.78. The Hall–Kier alpha value is -1.30. The second kappa shape index (κ2) is 5.60. The summed E-state index contributed by atoms with van der Waals surface area (Å²) in [5, 5.41) is 26.1. The minimum Gasteiger partial charge on any atom is -0.504 e. The molecule has 2 aliphatic heterocycles. The molecular formula is C21H30N2O3. The number of piperidine rings is 1. The fourth-order valence-corrected chi connectivity index (χ4v) is 6.56. The number of rotatable bonds is 4. The molecule has 0 aromatic heterocycles. The van der Waals surface area contributed by atoms with Crippen LogP contribution in [0, 0.1) is 0 Å². The highest BCUT2D eigenvalue weighted by Gasteiger charge is 2.72. The second-order valence-electron chi connectivity index (χ2n) is 8.68. The van der Waals surface area contributed by atoms with Crippen molar-refractivity contribution in [1.82, 2.24) is 10.2 Å². The predicted octanol–water partition coefficient (Wildman–Crippen LogP) is 1.93. The number of aromatic hydroxyl groups is 1. The first-order chi connectivity index (χ1) is 12.6. The summed E-state index contributed by atoms with van der Waals surface area (Å²) in [5.74, 6) is 0.852. The highest BCUT2D eigenvalue weighted by atomic mass is 16.5. The Morgan fingerprint density at radius 2 is 2.19 bits per heavy atom. The lowest BCUT2D eigenvalue weighted by Gasteiger charge is -2.64. The van der Waals surface area contributed by atoms with Gasteiger partial charge in [0.15, 0.2) is 11.5 Å². The second-order valence-corrected chi connectivity index (χ2v) is 8.68. The lowest BCUT2D eigenvalue weighted by molar-refractivity contribution is -0.190. The smallest absolute Gasteiger partial charge is 0.165 e. The predicted molar refractivity (Wildman–Crippen MR) is 99.8 cm³/mol. The van der Waals surface area contributed by atoms with E-state index in [9.17, 15) is 10.2 Å². The maximum Gasteiger partial charge on any atom is 0.165 e. The third-order valence-electron chi connectivity index (χ3n) is 7.74. The molecule has 3 N–H and O–H groups in total. The molecule has 1 saturated heterocycles. The van der Waals surface area contributed by atoms with Gasteiger partial charge in [0.05, 0.1) is 11.0 Å². The van der Waals surface area contributed by atoms with E-state index in [-0.39, 0.29) is 23.9 Å². The van der Waals surface area contributed by atoms with Gasteiger partial charge in [-0.05, 0) is 63.9 Å². The number of phenols is 1. The van der Waals surface area contributed by atoms with Crippen molar-refractivity contribution in [2.75, 3.05) is 20.1 Å². The summed E-state index contributed by atoms with van der Waals surface area (Å²) >= 11 is 0. The minimum atomic E-state index is -0.775. The monoisotopic (exact) mass is 358 g/mol. The summed E-state index contributed by atoms with van der Waals surface area (Å²) in [7, 11) is 1.98. The Balaban J connectivity index is 1.70. The average Bonchev–Trinajstić information content (AvgIpc) is 2.98. The van der Waals surface area contributed by atoms with Gasteiger partial charge >= 0.3 is 0 Å². The van der Waals surface area contributed by atoms with E-state index in [0.717, 1.165) is 44.3 Å². The first-order valence-corrected chi connectivity index (χ1v) is 10.2. The van der Waals surface area contributed by atoms with Crippen molar-refractivity contribution in [3.63, 3.8) is 0 Å². The van der Waals surface area contributed by atoms with Gasteiger partial charge in [-0.25, -0.2) is 0 Å². The maximum absolute atomic E-state index is 12.2. The van der Waals surface area contributed by atoms with E-state index in [0.29, 0.717) is 5.75 Å². The molecule has 26 heavy (non-hydrogen) atoms. The zero-order valence-corrected chi connectivity index (χ0v) is 15.8. The maximum atomic E-state index is 12.2. The molecule has 1 spiro atoms. The number of ether oxygens (including phenoxy) is 1. The number of benzene rings is 1. The first-order valence-electron chi connectivity index (χ1n) is 10.2. The van der Waals surface area contributed by atoms with Crippen molar-refractivity contribution >= 4 is 0 Å². The van der Waals surface area contributed by atoms with Crippen molar-refractivity contribution in [2.45, 2.75) is 74.7 Å². The van der Waals surface area contributed by atoms with Gasteiger partial charge in [0.25, 0.3) is 0 Å². The summed E-state index contributed by atoms with van der Waals surface area (Å²) in [6, 6.07) is 4.18. The summed E-state index contributed by atoms with van der Waals surface area (Å²) in [6.07, 6.45) is 5.69. The van der Waals surface area contributed by atoms with E-state index in [4.69, 9.17) is 4.74 Å². The van der Waals surface area contributed by atoms with Gasteiger partial charge in [0.1, 0.15) is 6.10 Å². The number of nitrogens with one attached hydrogen (secondary N) is 1. The SMILES string of the molecule is CCCCN1CC[C@]23c4c5ccc(O)c4O[C@H]2[C@H](NC)CC[C@@]3(O)[C@H]1C5. The zero-order valence-electron chi connectivity index (χ0n) is 15.8. The van der Waals surface area contributed by atoms with Crippen LogP contribution >= 0.6 is 0 Å². The highest BCUT2D eigenvalue weighted by Crippen LogP contribution is 2.65. The van der Waals surface area contributed by atoms with Crippen LogP contribution in [0.25, 0.3) is 0 Å². The number of unbranched alkanes of at least 4 members (excludes halogenated alkanes) is 1. The number of nitrogens with zero attached hydrogens (tertiary/aromatic N) is 1. The molecule has 0 radical (unpaired) electrons. The third-order valence-corrected chi connectivity index (χ3v) is 7.74. The molecule has 1 aromatic rings. The van der Waals surface area contributed by atoms with Gasteiger partial charge in [0.2, 0.25) is 0 Å². The number of likely N-dealkylation sites (N-methyl/N-ethyl adjacent to an activating group) is 1. The van der Waals surface area contributed by atoms with Crippen LogP contribution < -0.4 is 10.1 Å². The van der Waals surface area contributed by atoms with E-state index in [1.54, 1.807) is 6.07 Å². The molecule has 5 nitrogen and oxygen atoms in total. The number of phenolic OH excluding ortho intramolecular Hbond substituents is 1. The van der Waals surface area contributed by atoms with E-state index >= 15 is 0 Å². The van der Waals surface area contributed by atoms with Crippen LogP contribution in [-0.2, 0) is 11.8 Å². The zero-order chi connectivity index (χ0) is 18.1. The number of aliphatic hydroxyl groups is 1. The van der Waals surface area contributed by atoms with Crippen LogP contribution in [0.4, 0.5) is 0 Å². The topological polar surface area (TPSA) is 65.0 Å². The number of likely N-dealkylation sites (tertiary alicyclic amines) is 1. The molecule has 142 valence electrons. The number of hydrogen-bond acceptors (Lipinski definition) is 5. The van der Waals surface area contributed by atoms with Crippen LogP contribution in [-0.4, -0.2) is 59.0 Å². The summed E-state index contributed by atoms with van der Waals surface area (Å²) < 4.78 is 6.40. The molecule has 2 aliphatic carbocycles. The third kappa shape index (κ3) is 1.82. The number of hydrogen-bond donors (Lipinski definition) is 3. The van der Waals surface area contributed by atoms with Gasteiger partial charge in [0, 0.05) is 17.6 Å². The fraction of sp³-hybridized carbons (Fsp3) is 0.714. The Morgan fingerprint density at radius 3 is 2.96 bits per heavy atom. The quantitative estimate of drug-likeness (QED) is 0.768. The van der Waals surface area contributed by atoms with Crippen LogP contribution in [0.5, 0.6) is 11.5 Å². The van der Waals surface area contributed by atoms with Crippen molar-refractivity contribution in [3.05, 3.63) is 23.3 Å². The van der Waals surface area contributed by atoms with E-state index in [1.165, 1.54) is 18.4 Å². The molecule has 4 aliphatic rings. The minimum absolute atomic E-state index is 0.107. The van der Waals surface area contributed by atoms with Crippen LogP contribution in [0.2, 0.25) is 0 Å². The van der Waals surface area contributed by atoms with E-state index in [2.05, 4.69) is 23.2 Å². The van der Waals surface area contributed by atoms with Crippen LogP contribution in [0.1, 0.15) is 50.2 Å². The summed E-state index contributed by atoms with van der Waals surface area (Å²) in [5.41, 5.74) is 1.20. The normalized spacial score (nSPS) is 40.2. The van der Waals surface area contributed by atoms with Crippen LogP contribution in [0.3, 0.4) is 0 Å². The van der Waals surface area contributed by atoms with Crippen molar-refractivity contribution in [1.29, 1.82) is 0 Å². The van der Waals surface area contributed by atoms with E-state index < -0.39 is 11.0 Å². The van der Waals surface area contributed by atoms with Gasteiger partial charge in [-0.1, -0.05) is 19.4 Å². The molecule has 2 fully saturated rings. The van der Waals surface area contributed by atoms with Gasteiger partial charge in [-0.2, -0.15) is 0 Å². The molecule has 5 heteroatoms. The van der Waals surface area contributed by atoms with Gasteiger partial charge < -0.3 is 20.3 Å². The Bertz CT molecular complexity index is 738. The molecular weight excluding hydrogens is 328 g/mol. The highest BCUT2D eigenvalue weighted by molar-refractivity contribution is 5.62. The fourth-order valence-electron chi connectivity index (χ4n) is 6.56. The molecule has 1 aromatic carbocycles. The Labute approximate surface area is 155 Å². The largest absolute Gasteiger partial charge is 0.504 e. The molecule has 1 saturated carbocycles.